The fourth-order valence-electron chi connectivity index (χ4n) is 1.38. The van der Waals surface area contributed by atoms with Gasteiger partial charge in [0, 0.05) is 4.88 Å². The maximum atomic E-state index is 6.02. The minimum atomic E-state index is -0.0414. The zero-order valence-corrected chi connectivity index (χ0v) is 8.13. The first-order valence-electron chi connectivity index (χ1n) is 4.36. The Morgan fingerprint density at radius 3 is 3.08 bits per heavy atom. The summed E-state index contributed by atoms with van der Waals surface area (Å²) < 4.78 is 10.8. The van der Waals surface area contributed by atoms with Gasteiger partial charge in [0.2, 0.25) is 0 Å². The van der Waals surface area contributed by atoms with Crippen molar-refractivity contribution in [3.05, 3.63) is 22.4 Å². The lowest BCUT2D eigenvalue weighted by Crippen LogP contribution is -2.37. The molecule has 0 radical (unpaired) electrons. The van der Waals surface area contributed by atoms with Crippen molar-refractivity contribution in [2.45, 2.75) is 12.1 Å². The molecule has 2 unspecified atom stereocenters. The first-order chi connectivity index (χ1) is 6.38. The molecule has 0 aromatic carbocycles. The predicted molar refractivity (Wildman–Crippen MR) is 51.8 cm³/mol. The average molecular weight is 199 g/mol. The van der Waals surface area contributed by atoms with E-state index < -0.39 is 0 Å². The Kier molecular flexibility index (Phi) is 2.95. The van der Waals surface area contributed by atoms with Gasteiger partial charge in [0.05, 0.1) is 25.9 Å². The molecule has 1 aromatic heterocycles. The van der Waals surface area contributed by atoms with Crippen LogP contribution in [0.3, 0.4) is 0 Å². The van der Waals surface area contributed by atoms with Crippen LogP contribution in [0.5, 0.6) is 0 Å². The standard InChI is InChI=1S/C9H13NO2S/c10-9(8-2-1-5-13-8)7-6-11-3-4-12-7/h1-2,5,7,9H,3-4,6,10H2. The van der Waals surface area contributed by atoms with Gasteiger partial charge in [-0.25, -0.2) is 0 Å². The van der Waals surface area contributed by atoms with Crippen molar-refractivity contribution in [2.75, 3.05) is 19.8 Å². The minimum Gasteiger partial charge on any atom is -0.376 e. The lowest BCUT2D eigenvalue weighted by atomic mass is 10.1. The summed E-state index contributed by atoms with van der Waals surface area (Å²) in [5.41, 5.74) is 6.02. The number of ether oxygens (including phenoxy) is 2. The van der Waals surface area contributed by atoms with Gasteiger partial charge in [0.15, 0.2) is 0 Å². The zero-order chi connectivity index (χ0) is 9.10. The van der Waals surface area contributed by atoms with Crippen molar-refractivity contribution < 1.29 is 9.47 Å². The van der Waals surface area contributed by atoms with E-state index in [1.807, 2.05) is 17.5 Å². The van der Waals surface area contributed by atoms with Crippen LogP contribution in [-0.4, -0.2) is 25.9 Å². The molecule has 2 N–H and O–H groups in total. The van der Waals surface area contributed by atoms with Crippen molar-refractivity contribution in [3.8, 4) is 0 Å². The van der Waals surface area contributed by atoms with Crippen LogP contribution in [0.1, 0.15) is 10.9 Å². The van der Waals surface area contributed by atoms with E-state index >= 15 is 0 Å². The van der Waals surface area contributed by atoms with Crippen LogP contribution in [-0.2, 0) is 9.47 Å². The van der Waals surface area contributed by atoms with Crippen LogP contribution in [0, 0.1) is 0 Å². The molecule has 1 aliphatic rings. The number of nitrogens with two attached hydrogens (primary N) is 1. The SMILES string of the molecule is NC(c1cccs1)C1COCCO1. The molecule has 72 valence electrons. The molecule has 2 rings (SSSR count). The van der Waals surface area contributed by atoms with Gasteiger partial charge in [-0.1, -0.05) is 6.07 Å². The fraction of sp³-hybridized carbons (Fsp3) is 0.556. The molecule has 1 fully saturated rings. The summed E-state index contributed by atoms with van der Waals surface area (Å²) in [4.78, 5) is 1.16. The quantitative estimate of drug-likeness (QED) is 0.777. The maximum Gasteiger partial charge on any atom is 0.101 e. The van der Waals surface area contributed by atoms with Crippen LogP contribution < -0.4 is 5.73 Å². The summed E-state index contributed by atoms with van der Waals surface area (Å²) in [7, 11) is 0. The Bertz CT molecular complexity index is 244. The molecule has 13 heavy (non-hydrogen) atoms. The van der Waals surface area contributed by atoms with E-state index in [2.05, 4.69) is 0 Å². The van der Waals surface area contributed by atoms with Crippen molar-refractivity contribution in [3.63, 3.8) is 0 Å². The maximum absolute atomic E-state index is 6.02. The Morgan fingerprint density at radius 1 is 1.54 bits per heavy atom. The molecule has 0 amide bonds. The van der Waals surface area contributed by atoms with Crippen molar-refractivity contribution in [1.82, 2.24) is 0 Å². The molecule has 2 atom stereocenters. The van der Waals surface area contributed by atoms with E-state index in [1.165, 1.54) is 0 Å². The fourth-order valence-corrected chi connectivity index (χ4v) is 2.16. The van der Waals surface area contributed by atoms with E-state index in [0.29, 0.717) is 19.8 Å². The summed E-state index contributed by atoms with van der Waals surface area (Å²) in [5, 5.41) is 2.03. The van der Waals surface area contributed by atoms with Crippen LogP contribution in [0.2, 0.25) is 0 Å². The molecule has 1 saturated heterocycles. The molecule has 1 aromatic rings. The second kappa shape index (κ2) is 4.19. The van der Waals surface area contributed by atoms with E-state index in [1.54, 1.807) is 11.3 Å². The largest absolute Gasteiger partial charge is 0.376 e. The lowest BCUT2D eigenvalue weighted by Gasteiger charge is -2.27. The molecule has 4 heteroatoms. The summed E-state index contributed by atoms with van der Waals surface area (Å²) in [6.07, 6.45) is 0.0207. The van der Waals surface area contributed by atoms with Gasteiger partial charge in [-0.15, -0.1) is 11.3 Å². The molecule has 0 bridgehead atoms. The first-order valence-corrected chi connectivity index (χ1v) is 5.24. The van der Waals surface area contributed by atoms with Gasteiger partial charge >= 0.3 is 0 Å². The second-order valence-electron chi connectivity index (χ2n) is 3.03. The number of hydrogen-bond donors (Lipinski definition) is 1. The molecule has 3 nitrogen and oxygen atoms in total. The van der Waals surface area contributed by atoms with Gasteiger partial charge in [-0.2, -0.15) is 0 Å². The van der Waals surface area contributed by atoms with Crippen LogP contribution in [0.25, 0.3) is 0 Å². The Morgan fingerprint density at radius 2 is 2.46 bits per heavy atom. The minimum absolute atomic E-state index is 0.0207. The predicted octanol–water partition coefficient (Wildman–Crippen LogP) is 1.16. The Balaban J connectivity index is 1.99. The average Bonchev–Trinajstić information content (AvgIpc) is 2.71. The van der Waals surface area contributed by atoms with Gasteiger partial charge in [-0.3, -0.25) is 0 Å². The lowest BCUT2D eigenvalue weighted by molar-refractivity contribution is -0.0971. The third kappa shape index (κ3) is 2.08. The highest BCUT2D eigenvalue weighted by molar-refractivity contribution is 7.10. The van der Waals surface area contributed by atoms with Crippen LogP contribution in [0.15, 0.2) is 17.5 Å². The highest BCUT2D eigenvalue weighted by Gasteiger charge is 2.23. The normalized spacial score (nSPS) is 25.8. The molecule has 1 aliphatic heterocycles. The van der Waals surface area contributed by atoms with Crippen molar-refractivity contribution in [1.29, 1.82) is 0 Å². The van der Waals surface area contributed by atoms with E-state index in [9.17, 15) is 0 Å². The van der Waals surface area contributed by atoms with Crippen LogP contribution >= 0.6 is 11.3 Å². The van der Waals surface area contributed by atoms with E-state index in [4.69, 9.17) is 15.2 Å². The summed E-state index contributed by atoms with van der Waals surface area (Å²) in [6.45, 7) is 1.95. The van der Waals surface area contributed by atoms with Gasteiger partial charge in [-0.05, 0) is 11.4 Å². The van der Waals surface area contributed by atoms with Gasteiger partial charge < -0.3 is 15.2 Å². The highest BCUT2D eigenvalue weighted by Crippen LogP contribution is 2.22. The summed E-state index contributed by atoms with van der Waals surface area (Å²) in [6, 6.07) is 4.00. The molecule has 2 heterocycles. The van der Waals surface area contributed by atoms with E-state index in [-0.39, 0.29) is 12.1 Å². The second-order valence-corrected chi connectivity index (χ2v) is 4.00. The third-order valence-electron chi connectivity index (χ3n) is 2.11. The third-order valence-corrected chi connectivity index (χ3v) is 3.09. The molecule has 0 aliphatic carbocycles. The number of thiophene rings is 1. The number of rotatable bonds is 2. The van der Waals surface area contributed by atoms with Crippen molar-refractivity contribution >= 4 is 11.3 Å². The first kappa shape index (κ1) is 9.15. The molecule has 0 spiro atoms. The Labute approximate surface area is 81.5 Å². The molecule has 0 saturated carbocycles. The summed E-state index contributed by atoms with van der Waals surface area (Å²) >= 11 is 1.66. The van der Waals surface area contributed by atoms with Crippen LogP contribution in [0.4, 0.5) is 0 Å². The zero-order valence-electron chi connectivity index (χ0n) is 7.31. The topological polar surface area (TPSA) is 44.5 Å². The molecular weight excluding hydrogens is 186 g/mol. The number of hydrogen-bond acceptors (Lipinski definition) is 4. The van der Waals surface area contributed by atoms with Crippen molar-refractivity contribution in [2.24, 2.45) is 5.73 Å². The monoisotopic (exact) mass is 199 g/mol. The Hall–Kier alpha value is -0.420. The van der Waals surface area contributed by atoms with Gasteiger partial charge in [0.1, 0.15) is 6.10 Å². The smallest absolute Gasteiger partial charge is 0.101 e. The summed E-state index contributed by atoms with van der Waals surface area (Å²) in [5.74, 6) is 0. The highest BCUT2D eigenvalue weighted by atomic mass is 32.1. The van der Waals surface area contributed by atoms with E-state index in [0.717, 1.165) is 4.88 Å². The molecular formula is C9H13NO2S. The van der Waals surface area contributed by atoms with Gasteiger partial charge in [0.25, 0.3) is 0 Å².